The lowest BCUT2D eigenvalue weighted by molar-refractivity contribution is -0.142. The van der Waals surface area contributed by atoms with Crippen LogP contribution in [0.4, 0.5) is 4.79 Å². The van der Waals surface area contributed by atoms with E-state index in [0.717, 1.165) is 11.3 Å². The number of carbonyl (C=O) groups excluding carboxylic acids is 2. The largest absolute Gasteiger partial charge is 0.497 e. The van der Waals surface area contributed by atoms with Gasteiger partial charge in [-0.1, -0.05) is 24.3 Å². The number of rotatable bonds is 4. The van der Waals surface area contributed by atoms with Crippen LogP contribution < -0.4 is 4.74 Å². The third kappa shape index (κ3) is 4.98. The first-order valence-electron chi connectivity index (χ1n) is 8.18. The molecule has 0 bridgehead atoms. The van der Waals surface area contributed by atoms with Crippen LogP contribution in [0.1, 0.15) is 39.3 Å². The van der Waals surface area contributed by atoms with Gasteiger partial charge in [0.05, 0.1) is 19.2 Å². The van der Waals surface area contributed by atoms with Crippen molar-refractivity contribution in [3.63, 3.8) is 0 Å². The number of hydrogen-bond donors (Lipinski definition) is 0. The lowest BCUT2D eigenvalue weighted by Gasteiger charge is -2.32. The zero-order valence-corrected chi connectivity index (χ0v) is 15.3. The van der Waals surface area contributed by atoms with Crippen molar-refractivity contribution in [2.24, 2.45) is 0 Å². The molecule has 0 aliphatic carbocycles. The van der Waals surface area contributed by atoms with Crippen LogP contribution in [0.2, 0.25) is 0 Å². The second kappa shape index (κ2) is 7.59. The second-order valence-corrected chi connectivity index (χ2v) is 6.86. The molecule has 1 aromatic carbocycles. The number of amides is 1. The normalized spacial score (nSPS) is 19.6. The predicted molar refractivity (Wildman–Crippen MR) is 93.4 cm³/mol. The average molecular weight is 347 g/mol. The molecule has 0 radical (unpaired) electrons. The van der Waals surface area contributed by atoms with Gasteiger partial charge in [-0.05, 0) is 38.5 Å². The maximum absolute atomic E-state index is 12.7. The van der Waals surface area contributed by atoms with E-state index in [2.05, 4.69) is 0 Å². The fourth-order valence-electron chi connectivity index (χ4n) is 2.60. The summed E-state index contributed by atoms with van der Waals surface area (Å²) in [6.07, 6.45) is 3.33. The number of benzene rings is 1. The van der Waals surface area contributed by atoms with Gasteiger partial charge >= 0.3 is 12.1 Å². The number of esters is 1. The van der Waals surface area contributed by atoms with E-state index in [-0.39, 0.29) is 24.7 Å². The van der Waals surface area contributed by atoms with E-state index in [9.17, 15) is 9.59 Å². The molecule has 1 aliphatic heterocycles. The van der Waals surface area contributed by atoms with Crippen LogP contribution in [0, 0.1) is 0 Å². The highest BCUT2D eigenvalue weighted by molar-refractivity contribution is 5.71. The third-order valence-corrected chi connectivity index (χ3v) is 3.69. The minimum Gasteiger partial charge on any atom is -0.497 e. The first kappa shape index (κ1) is 18.8. The minimum atomic E-state index is -0.615. The van der Waals surface area contributed by atoms with Gasteiger partial charge in [0.2, 0.25) is 0 Å². The number of hydrogen-bond acceptors (Lipinski definition) is 5. The van der Waals surface area contributed by atoms with E-state index in [0.29, 0.717) is 0 Å². The number of nitrogens with zero attached hydrogens (tertiary/aromatic N) is 1. The summed E-state index contributed by atoms with van der Waals surface area (Å²) in [4.78, 5) is 25.4. The fourth-order valence-corrected chi connectivity index (χ4v) is 2.60. The van der Waals surface area contributed by atoms with Gasteiger partial charge in [-0.15, -0.1) is 0 Å². The number of ether oxygens (including phenoxy) is 3. The zero-order valence-electron chi connectivity index (χ0n) is 15.3. The van der Waals surface area contributed by atoms with Gasteiger partial charge in [-0.25, -0.2) is 4.79 Å². The third-order valence-electron chi connectivity index (χ3n) is 3.69. The van der Waals surface area contributed by atoms with Crippen molar-refractivity contribution in [1.29, 1.82) is 0 Å². The van der Waals surface area contributed by atoms with Crippen molar-refractivity contribution in [2.45, 2.75) is 45.4 Å². The standard InChI is InChI=1S/C19H25NO5/c1-13(21)24-12-15-8-11-17(14-6-9-16(23-5)10-7-14)20(15)18(22)25-19(2,3)4/h6-11,15,17H,12H2,1-5H3/t15-,17?/m0/s1. The highest BCUT2D eigenvalue weighted by Crippen LogP contribution is 2.33. The quantitative estimate of drug-likeness (QED) is 0.616. The predicted octanol–water partition coefficient (Wildman–Crippen LogP) is 3.47. The van der Waals surface area contributed by atoms with Crippen LogP contribution in [0.3, 0.4) is 0 Å². The van der Waals surface area contributed by atoms with Crippen LogP contribution in [0.15, 0.2) is 36.4 Å². The molecule has 1 aromatic rings. The summed E-state index contributed by atoms with van der Waals surface area (Å²) in [6, 6.07) is 6.83. The number of carbonyl (C=O) groups is 2. The molecule has 2 atom stereocenters. The van der Waals surface area contributed by atoms with E-state index < -0.39 is 11.7 Å². The first-order chi connectivity index (χ1) is 11.7. The smallest absolute Gasteiger partial charge is 0.411 e. The second-order valence-electron chi connectivity index (χ2n) is 6.86. The molecule has 6 nitrogen and oxygen atoms in total. The maximum atomic E-state index is 12.7. The Morgan fingerprint density at radius 2 is 1.76 bits per heavy atom. The summed E-state index contributed by atoms with van der Waals surface area (Å²) in [5.41, 5.74) is 0.309. The summed E-state index contributed by atoms with van der Waals surface area (Å²) in [7, 11) is 1.60. The Morgan fingerprint density at radius 3 is 2.28 bits per heavy atom. The van der Waals surface area contributed by atoms with Crippen molar-refractivity contribution in [3.05, 3.63) is 42.0 Å². The molecule has 1 aliphatic rings. The van der Waals surface area contributed by atoms with Gasteiger partial charge < -0.3 is 14.2 Å². The Bertz CT molecular complexity index is 645. The molecule has 0 spiro atoms. The van der Waals surface area contributed by atoms with Gasteiger partial charge in [0.15, 0.2) is 0 Å². The monoisotopic (exact) mass is 347 g/mol. The van der Waals surface area contributed by atoms with Crippen LogP contribution in [0.5, 0.6) is 5.75 Å². The zero-order chi connectivity index (χ0) is 18.6. The SMILES string of the molecule is COc1ccc(C2C=C[C@@H](COC(C)=O)N2C(=O)OC(C)(C)C)cc1. The van der Waals surface area contributed by atoms with Gasteiger partial charge in [-0.2, -0.15) is 0 Å². The van der Waals surface area contributed by atoms with Crippen LogP contribution in [0.25, 0.3) is 0 Å². The number of methoxy groups -OCH3 is 1. The molecule has 136 valence electrons. The average Bonchev–Trinajstić information content (AvgIpc) is 2.95. The Balaban J connectivity index is 2.25. The summed E-state index contributed by atoms with van der Waals surface area (Å²) in [5.74, 6) is 0.358. The molecule has 0 fully saturated rings. The minimum absolute atomic E-state index is 0.0950. The van der Waals surface area contributed by atoms with Crippen molar-refractivity contribution in [1.82, 2.24) is 4.90 Å². The lowest BCUT2D eigenvalue weighted by Crippen LogP contribution is -2.43. The van der Waals surface area contributed by atoms with Crippen molar-refractivity contribution >= 4 is 12.1 Å². The molecule has 1 heterocycles. The van der Waals surface area contributed by atoms with Gasteiger partial charge in [0, 0.05) is 6.92 Å². The van der Waals surface area contributed by atoms with Crippen LogP contribution in [-0.4, -0.2) is 42.3 Å². The molecule has 0 saturated carbocycles. The van der Waals surface area contributed by atoms with E-state index in [4.69, 9.17) is 14.2 Å². The molecule has 1 unspecified atom stereocenters. The highest BCUT2D eigenvalue weighted by Gasteiger charge is 2.37. The van der Waals surface area contributed by atoms with Gasteiger partial charge in [-0.3, -0.25) is 9.69 Å². The van der Waals surface area contributed by atoms with E-state index >= 15 is 0 Å². The van der Waals surface area contributed by atoms with E-state index in [1.54, 1.807) is 12.0 Å². The molecular formula is C19H25NO5. The van der Waals surface area contributed by atoms with Crippen molar-refractivity contribution < 1.29 is 23.8 Å². The molecule has 25 heavy (non-hydrogen) atoms. The van der Waals surface area contributed by atoms with Crippen LogP contribution in [-0.2, 0) is 14.3 Å². The van der Waals surface area contributed by atoms with Crippen molar-refractivity contribution in [2.75, 3.05) is 13.7 Å². The molecular weight excluding hydrogens is 322 g/mol. The lowest BCUT2D eigenvalue weighted by atomic mass is 10.1. The highest BCUT2D eigenvalue weighted by atomic mass is 16.6. The Morgan fingerprint density at radius 1 is 1.12 bits per heavy atom. The molecule has 0 saturated heterocycles. The Labute approximate surface area is 148 Å². The summed E-state index contributed by atoms with van der Waals surface area (Å²) >= 11 is 0. The van der Waals surface area contributed by atoms with E-state index in [1.807, 2.05) is 57.2 Å². The first-order valence-corrected chi connectivity index (χ1v) is 8.18. The van der Waals surface area contributed by atoms with Crippen LogP contribution >= 0.6 is 0 Å². The molecule has 0 aromatic heterocycles. The topological polar surface area (TPSA) is 65.1 Å². The van der Waals surface area contributed by atoms with Gasteiger partial charge in [0.1, 0.15) is 18.0 Å². The molecule has 6 heteroatoms. The molecule has 1 amide bonds. The molecule has 2 rings (SSSR count). The Hall–Kier alpha value is -2.50. The summed E-state index contributed by atoms with van der Waals surface area (Å²) < 4.78 is 15.8. The molecule has 0 N–H and O–H groups in total. The maximum Gasteiger partial charge on any atom is 0.411 e. The van der Waals surface area contributed by atoms with Crippen molar-refractivity contribution in [3.8, 4) is 5.75 Å². The summed E-state index contributed by atoms with van der Waals surface area (Å²) in [5, 5.41) is 0. The van der Waals surface area contributed by atoms with Gasteiger partial charge in [0.25, 0.3) is 0 Å². The Kier molecular flexibility index (Phi) is 5.72. The summed E-state index contributed by atoms with van der Waals surface area (Å²) in [6.45, 7) is 6.89. The van der Waals surface area contributed by atoms with E-state index in [1.165, 1.54) is 6.92 Å². The fraction of sp³-hybridized carbons (Fsp3) is 0.474.